The molecule has 1 aliphatic carbocycles. The number of rotatable bonds is 4. The monoisotopic (exact) mass is 266 g/mol. The normalized spacial score (nSPS) is 18.2. The summed E-state index contributed by atoms with van der Waals surface area (Å²) >= 11 is 0. The first-order chi connectivity index (χ1) is 9.74. The number of benzene rings is 2. The van der Waals surface area contributed by atoms with Crippen molar-refractivity contribution in [2.24, 2.45) is 0 Å². The third-order valence-corrected chi connectivity index (χ3v) is 4.59. The summed E-state index contributed by atoms with van der Waals surface area (Å²) in [4.78, 5) is 0. The molecule has 1 heteroatoms. The van der Waals surface area contributed by atoms with E-state index < -0.39 is 0 Å². The zero-order valence-electron chi connectivity index (χ0n) is 12.3. The fraction of sp³-hybridized carbons (Fsp3) is 0.368. The van der Waals surface area contributed by atoms with Crippen LogP contribution in [-0.4, -0.2) is 5.11 Å². The summed E-state index contributed by atoms with van der Waals surface area (Å²) in [6.45, 7) is 4.32. The van der Waals surface area contributed by atoms with E-state index in [1.165, 1.54) is 22.3 Å². The Bertz CT molecular complexity index is 615. The lowest BCUT2D eigenvalue weighted by Crippen LogP contribution is -2.24. The predicted molar refractivity (Wildman–Crippen MR) is 83.0 cm³/mol. The lowest BCUT2D eigenvalue weighted by atomic mass is 9.72. The van der Waals surface area contributed by atoms with Crippen LogP contribution in [0.2, 0.25) is 0 Å². The van der Waals surface area contributed by atoms with Gasteiger partial charge in [0.05, 0.1) is 6.10 Å². The Labute approximate surface area is 121 Å². The van der Waals surface area contributed by atoms with E-state index in [9.17, 15) is 5.11 Å². The highest BCUT2D eigenvalue weighted by atomic mass is 16.3. The first kappa shape index (κ1) is 13.4. The highest BCUT2D eigenvalue weighted by molar-refractivity contribution is 5.44. The van der Waals surface area contributed by atoms with E-state index in [1.54, 1.807) is 0 Å². The van der Waals surface area contributed by atoms with E-state index >= 15 is 0 Å². The molecule has 2 aromatic rings. The van der Waals surface area contributed by atoms with E-state index in [0.717, 1.165) is 24.8 Å². The Hall–Kier alpha value is -1.60. The molecule has 0 amide bonds. The average Bonchev–Trinajstić information content (AvgIpc) is 2.47. The van der Waals surface area contributed by atoms with Crippen LogP contribution >= 0.6 is 0 Å². The van der Waals surface area contributed by atoms with Gasteiger partial charge >= 0.3 is 0 Å². The van der Waals surface area contributed by atoms with Gasteiger partial charge in [-0.2, -0.15) is 0 Å². The summed E-state index contributed by atoms with van der Waals surface area (Å²) in [7, 11) is 0. The predicted octanol–water partition coefficient (Wildman–Crippen LogP) is 4.18. The van der Waals surface area contributed by atoms with Crippen LogP contribution in [-0.2, 0) is 19.3 Å². The first-order valence-electron chi connectivity index (χ1n) is 7.62. The van der Waals surface area contributed by atoms with Crippen LogP contribution in [0.3, 0.4) is 0 Å². The summed E-state index contributed by atoms with van der Waals surface area (Å²) in [5.41, 5.74) is 6.43. The van der Waals surface area contributed by atoms with Gasteiger partial charge in [-0.3, -0.25) is 0 Å². The summed E-state index contributed by atoms with van der Waals surface area (Å²) in [6, 6.07) is 15.0. The second-order valence-corrected chi connectivity index (χ2v) is 5.69. The topological polar surface area (TPSA) is 20.2 Å². The van der Waals surface area contributed by atoms with Crippen LogP contribution in [0.15, 0.2) is 42.5 Å². The Balaban J connectivity index is 1.93. The Morgan fingerprint density at radius 1 is 1.10 bits per heavy atom. The molecule has 2 aromatic carbocycles. The molecule has 1 aliphatic rings. The van der Waals surface area contributed by atoms with Crippen molar-refractivity contribution in [1.82, 2.24) is 0 Å². The van der Waals surface area contributed by atoms with Gasteiger partial charge in [0.1, 0.15) is 0 Å². The van der Waals surface area contributed by atoms with Gasteiger partial charge in [0.25, 0.3) is 0 Å². The molecule has 0 bridgehead atoms. The van der Waals surface area contributed by atoms with E-state index in [-0.39, 0.29) is 12.0 Å². The molecule has 0 heterocycles. The van der Waals surface area contributed by atoms with Crippen molar-refractivity contribution < 1.29 is 5.11 Å². The van der Waals surface area contributed by atoms with Gasteiger partial charge < -0.3 is 5.11 Å². The average molecular weight is 266 g/mol. The van der Waals surface area contributed by atoms with Gasteiger partial charge in [0, 0.05) is 5.92 Å². The van der Waals surface area contributed by atoms with E-state index in [2.05, 4.69) is 56.3 Å². The van der Waals surface area contributed by atoms with Crippen molar-refractivity contribution in [3.05, 3.63) is 70.3 Å². The molecule has 0 aromatic heterocycles. The quantitative estimate of drug-likeness (QED) is 0.880. The standard InChI is InChI=1S/C19H22O/c1-3-13-9-10-14(4-2)17(11-13)19(20)18-12-15-7-5-6-8-16(15)18/h5-11,18-20H,3-4,12H2,1-2H3. The maximum Gasteiger partial charge on any atom is 0.0864 e. The van der Waals surface area contributed by atoms with Crippen molar-refractivity contribution in [3.63, 3.8) is 0 Å². The SMILES string of the molecule is CCc1ccc(CC)c(C(O)C2Cc3ccccc32)c1. The minimum absolute atomic E-state index is 0.267. The second-order valence-electron chi connectivity index (χ2n) is 5.69. The molecule has 0 spiro atoms. The van der Waals surface area contributed by atoms with E-state index in [1.807, 2.05) is 0 Å². The number of hydrogen-bond donors (Lipinski definition) is 1. The minimum atomic E-state index is -0.369. The van der Waals surface area contributed by atoms with Crippen LogP contribution in [0, 0.1) is 0 Å². The van der Waals surface area contributed by atoms with Crippen molar-refractivity contribution >= 4 is 0 Å². The molecule has 0 saturated heterocycles. The lowest BCUT2D eigenvalue weighted by Gasteiger charge is -2.35. The molecule has 3 rings (SSSR count). The molecule has 1 N–H and O–H groups in total. The largest absolute Gasteiger partial charge is 0.388 e. The van der Waals surface area contributed by atoms with Gasteiger partial charge in [-0.1, -0.05) is 56.3 Å². The maximum absolute atomic E-state index is 10.8. The summed E-state index contributed by atoms with van der Waals surface area (Å²) < 4.78 is 0. The second kappa shape index (κ2) is 5.41. The minimum Gasteiger partial charge on any atom is -0.388 e. The van der Waals surface area contributed by atoms with Crippen LogP contribution in [0.4, 0.5) is 0 Å². The maximum atomic E-state index is 10.8. The molecular formula is C19H22O. The van der Waals surface area contributed by atoms with Crippen molar-refractivity contribution in [1.29, 1.82) is 0 Å². The van der Waals surface area contributed by atoms with Crippen LogP contribution in [0.1, 0.15) is 53.7 Å². The Kier molecular flexibility index (Phi) is 3.62. The Morgan fingerprint density at radius 2 is 1.90 bits per heavy atom. The zero-order valence-corrected chi connectivity index (χ0v) is 12.3. The summed E-state index contributed by atoms with van der Waals surface area (Å²) in [5, 5.41) is 10.8. The van der Waals surface area contributed by atoms with Crippen molar-refractivity contribution in [2.75, 3.05) is 0 Å². The number of aliphatic hydroxyl groups is 1. The molecule has 0 aliphatic heterocycles. The molecule has 2 unspecified atom stereocenters. The van der Waals surface area contributed by atoms with Gasteiger partial charge in [0.2, 0.25) is 0 Å². The van der Waals surface area contributed by atoms with Gasteiger partial charge in [-0.15, -0.1) is 0 Å². The van der Waals surface area contributed by atoms with Crippen LogP contribution < -0.4 is 0 Å². The van der Waals surface area contributed by atoms with Crippen LogP contribution in [0.25, 0.3) is 0 Å². The van der Waals surface area contributed by atoms with E-state index in [4.69, 9.17) is 0 Å². The van der Waals surface area contributed by atoms with Crippen LogP contribution in [0.5, 0.6) is 0 Å². The number of aryl methyl sites for hydroxylation is 2. The van der Waals surface area contributed by atoms with Gasteiger partial charge in [-0.25, -0.2) is 0 Å². The number of fused-ring (bicyclic) bond motifs is 1. The molecule has 1 nitrogen and oxygen atoms in total. The van der Waals surface area contributed by atoms with Crippen molar-refractivity contribution in [3.8, 4) is 0 Å². The zero-order chi connectivity index (χ0) is 14.1. The first-order valence-corrected chi connectivity index (χ1v) is 7.62. The summed E-state index contributed by atoms with van der Waals surface area (Å²) in [6.07, 6.45) is 2.62. The smallest absolute Gasteiger partial charge is 0.0864 e. The highest BCUT2D eigenvalue weighted by Crippen LogP contribution is 2.44. The molecular weight excluding hydrogens is 244 g/mol. The molecule has 0 saturated carbocycles. The van der Waals surface area contributed by atoms with Gasteiger partial charge in [0.15, 0.2) is 0 Å². The number of hydrogen-bond acceptors (Lipinski definition) is 1. The summed E-state index contributed by atoms with van der Waals surface area (Å²) in [5.74, 6) is 0.267. The third kappa shape index (κ3) is 2.16. The van der Waals surface area contributed by atoms with E-state index in [0.29, 0.717) is 0 Å². The molecule has 20 heavy (non-hydrogen) atoms. The van der Waals surface area contributed by atoms with Crippen molar-refractivity contribution in [2.45, 2.75) is 45.1 Å². The molecule has 104 valence electrons. The fourth-order valence-corrected chi connectivity index (χ4v) is 3.26. The fourth-order valence-electron chi connectivity index (χ4n) is 3.26. The Morgan fingerprint density at radius 3 is 2.60 bits per heavy atom. The third-order valence-electron chi connectivity index (χ3n) is 4.59. The highest BCUT2D eigenvalue weighted by Gasteiger charge is 2.33. The van der Waals surface area contributed by atoms with Gasteiger partial charge in [-0.05, 0) is 47.1 Å². The lowest BCUT2D eigenvalue weighted by molar-refractivity contribution is 0.133. The number of aliphatic hydroxyl groups excluding tert-OH is 1. The molecule has 0 fully saturated rings. The molecule has 2 atom stereocenters. The molecule has 0 radical (unpaired) electrons.